The summed E-state index contributed by atoms with van der Waals surface area (Å²) in [6.45, 7) is 0. The van der Waals surface area contributed by atoms with Gasteiger partial charge in [0, 0.05) is 0 Å². The van der Waals surface area contributed by atoms with Crippen LogP contribution < -0.4 is 4.74 Å². The van der Waals surface area contributed by atoms with Gasteiger partial charge in [0.05, 0.1) is 12.8 Å². The van der Waals surface area contributed by atoms with E-state index in [0.717, 1.165) is 5.75 Å². The van der Waals surface area contributed by atoms with E-state index in [4.69, 9.17) is 4.74 Å². The van der Waals surface area contributed by atoms with Gasteiger partial charge in [-0.15, -0.1) is 0 Å². The zero-order chi connectivity index (χ0) is 11.7. The molecule has 0 spiro atoms. The van der Waals surface area contributed by atoms with Crippen LogP contribution in [-0.4, -0.2) is 12.8 Å². The minimum Gasteiger partial charge on any atom is -0.497 e. The van der Waals surface area contributed by atoms with Crippen molar-refractivity contribution in [3.8, 4) is 5.75 Å². The standard InChI is InChI=1S/C15H13NO/c1-17-13-9-7-12(8-10-13)15-14(16-15)11-5-3-2-4-6-11/h2-10,15H,1H3. The molecule has 2 aromatic rings. The second kappa shape index (κ2) is 4.06. The number of aliphatic imine (C=N–C) groups is 1. The number of rotatable bonds is 3. The van der Waals surface area contributed by atoms with Gasteiger partial charge in [-0.25, -0.2) is 0 Å². The summed E-state index contributed by atoms with van der Waals surface area (Å²) < 4.78 is 5.14. The quantitative estimate of drug-likeness (QED) is 0.782. The van der Waals surface area contributed by atoms with E-state index in [1.54, 1.807) is 7.11 Å². The summed E-state index contributed by atoms with van der Waals surface area (Å²) in [4.78, 5) is 4.53. The van der Waals surface area contributed by atoms with Gasteiger partial charge in [0.15, 0.2) is 0 Å². The molecule has 1 atom stereocenters. The number of nitrogens with zero attached hydrogens (tertiary/aromatic N) is 1. The Bertz CT molecular complexity index is 543. The van der Waals surface area contributed by atoms with Gasteiger partial charge in [-0.3, -0.25) is 4.99 Å². The van der Waals surface area contributed by atoms with E-state index in [-0.39, 0.29) is 6.04 Å². The molecule has 1 heterocycles. The molecular weight excluding hydrogens is 210 g/mol. The Labute approximate surface area is 101 Å². The molecule has 0 radical (unpaired) electrons. The van der Waals surface area contributed by atoms with Crippen LogP contribution >= 0.6 is 0 Å². The maximum Gasteiger partial charge on any atom is 0.118 e. The fourth-order valence-electron chi connectivity index (χ4n) is 1.96. The molecule has 0 saturated heterocycles. The lowest BCUT2D eigenvalue weighted by atomic mass is 10.0. The summed E-state index contributed by atoms with van der Waals surface area (Å²) in [6, 6.07) is 18.6. The fourth-order valence-corrected chi connectivity index (χ4v) is 1.96. The number of hydrogen-bond donors (Lipinski definition) is 0. The van der Waals surface area contributed by atoms with E-state index in [1.807, 2.05) is 30.3 Å². The highest BCUT2D eigenvalue weighted by molar-refractivity contribution is 6.13. The van der Waals surface area contributed by atoms with Gasteiger partial charge in [0.2, 0.25) is 0 Å². The summed E-state index contributed by atoms with van der Waals surface area (Å²) in [5, 5.41) is 0. The molecule has 2 nitrogen and oxygen atoms in total. The summed E-state index contributed by atoms with van der Waals surface area (Å²) in [5.74, 6) is 0.885. The van der Waals surface area contributed by atoms with E-state index < -0.39 is 0 Å². The summed E-state index contributed by atoms with van der Waals surface area (Å²) >= 11 is 0. The molecular formula is C15H13NO. The minimum absolute atomic E-state index is 0.239. The molecule has 0 N–H and O–H groups in total. The predicted octanol–water partition coefficient (Wildman–Crippen LogP) is 3.24. The fraction of sp³-hybridized carbons (Fsp3) is 0.133. The van der Waals surface area contributed by atoms with Crippen LogP contribution in [0.2, 0.25) is 0 Å². The summed E-state index contributed by atoms with van der Waals surface area (Å²) in [5.41, 5.74) is 3.62. The first-order chi connectivity index (χ1) is 8.38. The van der Waals surface area contributed by atoms with Crippen LogP contribution in [0.25, 0.3) is 0 Å². The monoisotopic (exact) mass is 223 g/mol. The van der Waals surface area contributed by atoms with Crippen molar-refractivity contribution in [2.24, 2.45) is 4.99 Å². The molecule has 2 aromatic carbocycles. The van der Waals surface area contributed by atoms with Gasteiger partial charge in [0.25, 0.3) is 0 Å². The van der Waals surface area contributed by atoms with Crippen LogP contribution in [0.5, 0.6) is 5.75 Å². The van der Waals surface area contributed by atoms with Crippen molar-refractivity contribution in [3.63, 3.8) is 0 Å². The van der Waals surface area contributed by atoms with E-state index in [0.29, 0.717) is 0 Å². The molecule has 0 aliphatic carbocycles. The largest absolute Gasteiger partial charge is 0.497 e. The molecule has 17 heavy (non-hydrogen) atoms. The first kappa shape index (κ1) is 10.1. The molecule has 1 aliphatic heterocycles. The maximum atomic E-state index is 5.14. The van der Waals surface area contributed by atoms with Crippen LogP contribution in [-0.2, 0) is 0 Å². The number of hydrogen-bond acceptors (Lipinski definition) is 2. The van der Waals surface area contributed by atoms with Crippen molar-refractivity contribution in [2.45, 2.75) is 6.04 Å². The van der Waals surface area contributed by atoms with Crippen molar-refractivity contribution < 1.29 is 4.74 Å². The Morgan fingerprint density at radius 2 is 1.65 bits per heavy atom. The predicted molar refractivity (Wildman–Crippen MR) is 68.7 cm³/mol. The van der Waals surface area contributed by atoms with E-state index in [9.17, 15) is 0 Å². The average Bonchev–Trinajstić information content (AvgIpc) is 3.20. The van der Waals surface area contributed by atoms with Crippen LogP contribution in [0.4, 0.5) is 0 Å². The Hall–Kier alpha value is -2.09. The lowest BCUT2D eigenvalue weighted by Gasteiger charge is -2.01. The van der Waals surface area contributed by atoms with Crippen LogP contribution in [0.15, 0.2) is 59.6 Å². The number of benzene rings is 2. The van der Waals surface area contributed by atoms with E-state index in [1.165, 1.54) is 16.8 Å². The van der Waals surface area contributed by atoms with Gasteiger partial charge in [-0.2, -0.15) is 0 Å². The molecule has 1 aliphatic rings. The van der Waals surface area contributed by atoms with Crippen molar-refractivity contribution in [1.82, 2.24) is 0 Å². The zero-order valence-corrected chi connectivity index (χ0v) is 9.63. The maximum absolute atomic E-state index is 5.14. The summed E-state index contributed by atoms with van der Waals surface area (Å²) in [7, 11) is 1.68. The zero-order valence-electron chi connectivity index (χ0n) is 9.63. The highest BCUT2D eigenvalue weighted by Crippen LogP contribution is 2.35. The molecule has 0 fully saturated rings. The van der Waals surface area contributed by atoms with Gasteiger partial charge in [0.1, 0.15) is 11.8 Å². The molecule has 0 aromatic heterocycles. The van der Waals surface area contributed by atoms with Crippen molar-refractivity contribution >= 4 is 5.71 Å². The second-order valence-corrected chi connectivity index (χ2v) is 4.06. The molecule has 3 rings (SSSR count). The van der Waals surface area contributed by atoms with Gasteiger partial charge >= 0.3 is 0 Å². The second-order valence-electron chi connectivity index (χ2n) is 4.06. The van der Waals surface area contributed by atoms with Crippen molar-refractivity contribution in [3.05, 3.63) is 65.7 Å². The third-order valence-corrected chi connectivity index (χ3v) is 2.96. The lowest BCUT2D eigenvalue weighted by Crippen LogP contribution is -1.93. The van der Waals surface area contributed by atoms with Crippen molar-refractivity contribution in [1.29, 1.82) is 0 Å². The molecule has 2 heteroatoms. The van der Waals surface area contributed by atoms with Gasteiger partial charge in [-0.05, 0) is 23.3 Å². The van der Waals surface area contributed by atoms with Gasteiger partial charge in [-0.1, -0.05) is 42.5 Å². The summed E-state index contributed by atoms with van der Waals surface area (Å²) in [6.07, 6.45) is 0. The highest BCUT2D eigenvalue weighted by Gasteiger charge is 2.30. The van der Waals surface area contributed by atoms with Crippen LogP contribution in [0, 0.1) is 0 Å². The van der Waals surface area contributed by atoms with Gasteiger partial charge < -0.3 is 4.74 Å². The topological polar surface area (TPSA) is 21.6 Å². The molecule has 84 valence electrons. The first-order valence-electron chi connectivity index (χ1n) is 5.65. The average molecular weight is 223 g/mol. The Morgan fingerprint density at radius 1 is 0.941 bits per heavy atom. The van der Waals surface area contributed by atoms with Crippen LogP contribution in [0.1, 0.15) is 17.2 Å². The molecule has 0 amide bonds. The Kier molecular flexibility index (Phi) is 2.41. The normalized spacial score (nSPS) is 17.5. The van der Waals surface area contributed by atoms with E-state index >= 15 is 0 Å². The lowest BCUT2D eigenvalue weighted by molar-refractivity contribution is 0.414. The molecule has 0 saturated carbocycles. The van der Waals surface area contributed by atoms with E-state index in [2.05, 4.69) is 29.3 Å². The van der Waals surface area contributed by atoms with Crippen molar-refractivity contribution in [2.75, 3.05) is 7.11 Å². The third kappa shape index (κ3) is 1.94. The number of ether oxygens (including phenoxy) is 1. The first-order valence-corrected chi connectivity index (χ1v) is 5.65. The highest BCUT2D eigenvalue weighted by atomic mass is 16.5. The smallest absolute Gasteiger partial charge is 0.118 e. The van der Waals surface area contributed by atoms with Crippen LogP contribution in [0.3, 0.4) is 0 Å². The number of methoxy groups -OCH3 is 1. The SMILES string of the molecule is COc1ccc(C2N=C2c2ccccc2)cc1. The minimum atomic E-state index is 0.239. The molecule has 0 bridgehead atoms. The molecule has 1 unspecified atom stereocenters. The Morgan fingerprint density at radius 3 is 2.29 bits per heavy atom. The Balaban J connectivity index is 1.77. The third-order valence-electron chi connectivity index (χ3n) is 2.96.